The smallest absolute Gasteiger partial charge is 0.264 e. The van der Waals surface area contributed by atoms with Gasteiger partial charge in [-0.3, -0.25) is 19.2 Å². The topological polar surface area (TPSA) is 120 Å². The average molecular weight is 839 g/mol. The number of nitrogens with zero attached hydrogens (tertiary/aromatic N) is 4. The highest BCUT2D eigenvalue weighted by Crippen LogP contribution is 2.60. The molecule has 0 unspecified atom stereocenters. The van der Waals surface area contributed by atoms with Gasteiger partial charge in [-0.15, -0.1) is 0 Å². The first-order valence-corrected chi connectivity index (χ1v) is 22.4. The van der Waals surface area contributed by atoms with E-state index in [4.69, 9.17) is 9.47 Å². The molecule has 4 aromatic rings. The molecule has 3 saturated heterocycles. The minimum atomic E-state index is -1.48. The Morgan fingerprint density at radius 3 is 2.13 bits per heavy atom. The van der Waals surface area contributed by atoms with Crippen LogP contribution >= 0.6 is 0 Å². The second kappa shape index (κ2) is 16.6. The van der Waals surface area contributed by atoms with Gasteiger partial charge in [0.1, 0.15) is 5.75 Å². The highest BCUT2D eigenvalue weighted by Gasteiger charge is 2.66. The van der Waals surface area contributed by atoms with Gasteiger partial charge in [-0.05, 0) is 102 Å². The Hall–Kier alpha value is -5.52. The molecule has 3 fully saturated rings. The van der Waals surface area contributed by atoms with Crippen molar-refractivity contribution in [1.82, 2.24) is 4.90 Å². The summed E-state index contributed by atoms with van der Waals surface area (Å²) in [6.45, 7) is 8.19. The minimum Gasteiger partial charge on any atom is -0.497 e. The monoisotopic (exact) mass is 838 g/mol. The van der Waals surface area contributed by atoms with E-state index in [2.05, 4.69) is 39.0 Å². The molecule has 62 heavy (non-hydrogen) atoms. The largest absolute Gasteiger partial charge is 0.497 e. The lowest BCUT2D eigenvalue weighted by atomic mass is 9.63. The number of methoxy groups -OCH3 is 1. The van der Waals surface area contributed by atoms with Crippen molar-refractivity contribution in [3.63, 3.8) is 0 Å². The Morgan fingerprint density at radius 1 is 0.839 bits per heavy atom. The van der Waals surface area contributed by atoms with Crippen LogP contribution in [0.15, 0.2) is 91.0 Å². The number of carbonyl (C=O) groups excluding carboxylic acids is 4. The molecule has 0 bridgehead atoms. The van der Waals surface area contributed by atoms with Crippen LogP contribution in [0.4, 0.5) is 17.1 Å². The van der Waals surface area contributed by atoms with E-state index in [1.54, 1.807) is 16.9 Å². The van der Waals surface area contributed by atoms with Gasteiger partial charge < -0.3 is 34.2 Å². The molecule has 324 valence electrons. The van der Waals surface area contributed by atoms with Gasteiger partial charge in [0.25, 0.3) is 5.91 Å². The maximum absolute atomic E-state index is 15.7. The number of hydrogen-bond acceptors (Lipinski definition) is 7. The van der Waals surface area contributed by atoms with E-state index in [9.17, 15) is 19.5 Å². The van der Waals surface area contributed by atoms with Crippen molar-refractivity contribution >= 4 is 40.7 Å². The van der Waals surface area contributed by atoms with E-state index in [1.165, 1.54) is 0 Å². The second-order valence-corrected chi connectivity index (χ2v) is 18.5. The van der Waals surface area contributed by atoms with Crippen molar-refractivity contribution in [3.8, 4) is 5.75 Å². The molecule has 0 saturated carbocycles. The zero-order chi connectivity index (χ0) is 43.3. The van der Waals surface area contributed by atoms with Crippen LogP contribution in [0.5, 0.6) is 5.75 Å². The summed E-state index contributed by atoms with van der Waals surface area (Å²) >= 11 is 0. The fourth-order valence-corrected chi connectivity index (χ4v) is 11.3. The lowest BCUT2D eigenvalue weighted by molar-refractivity contribution is -0.151. The third-order valence-corrected chi connectivity index (χ3v) is 14.6. The number of ether oxygens (including phenoxy) is 2. The molecule has 11 heteroatoms. The number of hydrogen-bond donors (Lipinski definition) is 1. The van der Waals surface area contributed by atoms with Gasteiger partial charge >= 0.3 is 0 Å². The van der Waals surface area contributed by atoms with Crippen molar-refractivity contribution in [2.45, 2.75) is 108 Å². The van der Waals surface area contributed by atoms with Crippen LogP contribution in [0.3, 0.4) is 0 Å². The Balaban J connectivity index is 1.12. The maximum Gasteiger partial charge on any atom is 0.264 e. The van der Waals surface area contributed by atoms with Gasteiger partial charge in [0.05, 0.1) is 44.5 Å². The number of rotatable bonds is 10. The first kappa shape index (κ1) is 41.8. The van der Waals surface area contributed by atoms with E-state index in [1.807, 2.05) is 82.6 Å². The second-order valence-electron chi connectivity index (χ2n) is 18.5. The number of anilines is 3. The third-order valence-electron chi connectivity index (χ3n) is 14.6. The maximum atomic E-state index is 15.7. The van der Waals surface area contributed by atoms with E-state index in [0.29, 0.717) is 50.1 Å². The molecule has 4 amide bonds. The average Bonchev–Trinajstić information content (AvgIpc) is 3.71. The van der Waals surface area contributed by atoms with Crippen molar-refractivity contribution in [2.24, 2.45) is 11.8 Å². The first-order valence-electron chi connectivity index (χ1n) is 22.4. The number of aliphatic hydroxyl groups is 1. The molecule has 5 heterocycles. The zero-order valence-corrected chi connectivity index (χ0v) is 36.3. The zero-order valence-electron chi connectivity index (χ0n) is 36.3. The van der Waals surface area contributed by atoms with Crippen LogP contribution in [0.25, 0.3) is 0 Å². The molecular weight excluding hydrogens is 781 g/mol. The number of carbonyl (C=O) groups is 4. The summed E-state index contributed by atoms with van der Waals surface area (Å²) in [7, 11) is 1.64. The van der Waals surface area contributed by atoms with Gasteiger partial charge in [0.2, 0.25) is 17.7 Å². The molecule has 4 aromatic carbocycles. The lowest BCUT2D eigenvalue weighted by Crippen LogP contribution is -2.48. The van der Waals surface area contributed by atoms with E-state index < -0.39 is 23.0 Å². The minimum absolute atomic E-state index is 0.0125. The van der Waals surface area contributed by atoms with Gasteiger partial charge in [-0.1, -0.05) is 69.3 Å². The molecule has 5 atom stereocenters. The van der Waals surface area contributed by atoms with E-state index in [-0.39, 0.29) is 55.2 Å². The number of amides is 4. The van der Waals surface area contributed by atoms with Gasteiger partial charge in [-0.25, -0.2) is 0 Å². The summed E-state index contributed by atoms with van der Waals surface area (Å²) in [5.74, 6) is -0.180. The molecule has 0 radical (unpaired) electrons. The predicted molar refractivity (Wildman–Crippen MR) is 238 cm³/mol. The molecule has 5 aliphatic heterocycles. The first-order chi connectivity index (χ1) is 29.9. The molecule has 9 rings (SSSR count). The fourth-order valence-electron chi connectivity index (χ4n) is 11.3. The van der Waals surface area contributed by atoms with Crippen LogP contribution in [-0.4, -0.2) is 72.6 Å². The SMILES string of the molecule is COc1ccc(C(C)(C)[C@H]2[C@H](CC(=O)N3Cc4ccccc4C[C@H]3CO)O[C@@]3(C(=O)N(Cc4ccc(N5CCCCC5=O)cc4)c4ccc(N5CCCCC5=O)cc43)[C@@H]2C)cc1. The number of piperidine rings is 2. The predicted octanol–water partition coefficient (Wildman–Crippen LogP) is 7.44. The Kier molecular flexibility index (Phi) is 11.2. The van der Waals surface area contributed by atoms with Crippen molar-refractivity contribution in [3.05, 3.63) is 119 Å². The Labute approximate surface area is 364 Å². The summed E-state index contributed by atoms with van der Waals surface area (Å²) in [6.07, 6.45) is 4.50. The van der Waals surface area contributed by atoms with E-state index >= 15 is 4.79 Å². The standard InChI is InChI=1S/C51H58N4O7/c1-33-48(50(2,3)37-17-22-41(61-4)23-18-37)44(29-47(59)54-31-36-12-6-5-11-35(36)27-40(54)32-56)62-51(33)42-28-39(53-26-10-8-14-46(53)58)21-24-43(42)55(49(51)60)30-34-15-19-38(20-16-34)52-25-9-7-13-45(52)57/h5-6,11-12,15-24,28,33,40,44,48,56H,7-10,13-14,25-27,29-32H2,1-4H3/t33-,40+,44+,48-,51+/m1/s1. The van der Waals surface area contributed by atoms with Crippen molar-refractivity contribution in [1.29, 1.82) is 0 Å². The number of aliphatic hydroxyl groups excluding tert-OH is 1. The Bertz CT molecular complexity index is 2360. The van der Waals surface area contributed by atoms with Crippen LogP contribution in [0.2, 0.25) is 0 Å². The highest BCUT2D eigenvalue weighted by molar-refractivity contribution is 6.08. The fraction of sp³-hybridized carbons (Fsp3) is 0.451. The molecular formula is C51H58N4O7. The summed E-state index contributed by atoms with van der Waals surface area (Å²) in [5.41, 5.74) is 5.04. The van der Waals surface area contributed by atoms with Crippen LogP contribution in [-0.2, 0) is 54.4 Å². The summed E-state index contributed by atoms with van der Waals surface area (Å²) < 4.78 is 12.9. The lowest BCUT2D eigenvalue weighted by Gasteiger charge is -2.40. The molecule has 5 aliphatic rings. The highest BCUT2D eigenvalue weighted by atomic mass is 16.5. The molecule has 0 aliphatic carbocycles. The molecule has 0 aromatic heterocycles. The summed E-state index contributed by atoms with van der Waals surface area (Å²) in [5, 5.41) is 10.6. The molecule has 1 spiro atoms. The van der Waals surface area contributed by atoms with Gasteiger partial charge in [0.15, 0.2) is 5.60 Å². The summed E-state index contributed by atoms with van der Waals surface area (Å²) in [6, 6.07) is 29.4. The van der Waals surface area contributed by atoms with Crippen LogP contribution < -0.4 is 19.4 Å². The van der Waals surface area contributed by atoms with Gasteiger partial charge in [0, 0.05) is 61.2 Å². The quantitative estimate of drug-likeness (QED) is 0.177. The van der Waals surface area contributed by atoms with Crippen molar-refractivity contribution < 1.29 is 33.8 Å². The molecule has 11 nitrogen and oxygen atoms in total. The third kappa shape index (κ3) is 7.16. The van der Waals surface area contributed by atoms with Crippen LogP contribution in [0.1, 0.15) is 93.5 Å². The molecule has 1 N–H and O–H groups in total. The van der Waals surface area contributed by atoms with E-state index in [0.717, 1.165) is 65.1 Å². The number of benzene rings is 4. The Morgan fingerprint density at radius 2 is 1.48 bits per heavy atom. The van der Waals surface area contributed by atoms with Crippen molar-refractivity contribution in [2.75, 3.05) is 41.5 Å². The number of fused-ring (bicyclic) bond motifs is 3. The summed E-state index contributed by atoms with van der Waals surface area (Å²) in [4.78, 5) is 63.9. The van der Waals surface area contributed by atoms with Crippen LogP contribution in [0, 0.1) is 11.8 Å². The normalized spacial score (nSPS) is 25.1. The van der Waals surface area contributed by atoms with Gasteiger partial charge in [-0.2, -0.15) is 0 Å².